The van der Waals surface area contributed by atoms with Crippen LogP contribution in [-0.2, 0) is 9.59 Å². The molecule has 1 atom stereocenters. The minimum absolute atomic E-state index is 0.0265. The van der Waals surface area contributed by atoms with Gasteiger partial charge in [-0.15, -0.1) is 0 Å². The third-order valence-electron chi connectivity index (χ3n) is 6.06. The molecule has 0 saturated carbocycles. The molecule has 2 aliphatic carbocycles. The number of hydrogen-bond donors (Lipinski definition) is 2. The van der Waals surface area contributed by atoms with E-state index in [1.54, 1.807) is 19.1 Å². The van der Waals surface area contributed by atoms with Gasteiger partial charge < -0.3 is 10.3 Å². The van der Waals surface area contributed by atoms with Gasteiger partial charge in [0, 0.05) is 33.8 Å². The summed E-state index contributed by atoms with van der Waals surface area (Å²) in [6.45, 7) is 1.77. The van der Waals surface area contributed by atoms with E-state index in [9.17, 15) is 14.4 Å². The van der Waals surface area contributed by atoms with E-state index >= 15 is 0 Å². The molecule has 2 amide bonds. The Morgan fingerprint density at radius 2 is 1.93 bits per heavy atom. The average Bonchev–Trinajstić information content (AvgIpc) is 3.09. The Morgan fingerprint density at radius 1 is 1.13 bits per heavy atom. The van der Waals surface area contributed by atoms with Crippen LogP contribution in [0.15, 0.2) is 64.3 Å². The fourth-order valence-corrected chi connectivity index (χ4v) is 4.66. The fourth-order valence-electron chi connectivity index (χ4n) is 4.66. The summed E-state index contributed by atoms with van der Waals surface area (Å²) in [5.74, 6) is -1.49. The number of nitrogens with one attached hydrogen (secondary N) is 2. The Hall–Kier alpha value is -3.54. The third kappa shape index (κ3) is 2.96. The van der Waals surface area contributed by atoms with Gasteiger partial charge in [-0.2, -0.15) is 0 Å². The Kier molecular flexibility index (Phi) is 4.35. The second-order valence-electron chi connectivity index (χ2n) is 7.94. The van der Waals surface area contributed by atoms with Gasteiger partial charge in [-0.05, 0) is 56.4 Å². The topological polar surface area (TPSA) is 91.4 Å². The van der Waals surface area contributed by atoms with E-state index in [-0.39, 0.29) is 11.8 Å². The molecular formula is C24H21N3O3. The average molecular weight is 399 g/mol. The number of benzene rings is 1. The summed E-state index contributed by atoms with van der Waals surface area (Å²) in [6, 6.07) is 7.38. The van der Waals surface area contributed by atoms with Gasteiger partial charge >= 0.3 is 5.91 Å². The Morgan fingerprint density at radius 3 is 2.80 bits per heavy atom. The normalized spacial score (nSPS) is 21.9. The van der Waals surface area contributed by atoms with Crippen molar-refractivity contribution in [2.75, 3.05) is 0 Å². The molecule has 2 heterocycles. The van der Waals surface area contributed by atoms with Crippen LogP contribution in [0, 0.1) is 12.8 Å². The molecule has 0 saturated heterocycles. The molecule has 0 radical (unpaired) electrons. The van der Waals surface area contributed by atoms with Crippen LogP contribution in [0.25, 0.3) is 10.9 Å². The number of aliphatic imine (C=N–C) groups is 1. The maximum Gasteiger partial charge on any atom is 0.318 e. The van der Waals surface area contributed by atoms with E-state index in [4.69, 9.17) is 0 Å². The van der Waals surface area contributed by atoms with Crippen LogP contribution in [-0.4, -0.2) is 28.3 Å². The van der Waals surface area contributed by atoms with Crippen molar-refractivity contribution in [1.82, 2.24) is 10.3 Å². The molecule has 1 unspecified atom stereocenters. The third-order valence-corrected chi connectivity index (χ3v) is 6.06. The lowest BCUT2D eigenvalue weighted by Gasteiger charge is -2.33. The molecule has 150 valence electrons. The number of Topliss-reactive ketones (excluding diaryl/α,β-unsaturated/α-hetero) is 1. The molecule has 1 aliphatic heterocycles. The second-order valence-corrected chi connectivity index (χ2v) is 7.94. The van der Waals surface area contributed by atoms with Gasteiger partial charge in [0.05, 0.1) is 11.3 Å². The molecule has 6 nitrogen and oxygen atoms in total. The summed E-state index contributed by atoms with van der Waals surface area (Å²) in [4.78, 5) is 45.1. The molecule has 2 aromatic rings. The summed E-state index contributed by atoms with van der Waals surface area (Å²) in [6.07, 6.45) is 9.28. The number of aromatic nitrogens is 1. The summed E-state index contributed by atoms with van der Waals surface area (Å²) in [5, 5.41) is 3.65. The molecule has 30 heavy (non-hydrogen) atoms. The highest BCUT2D eigenvalue weighted by Crippen LogP contribution is 2.38. The largest absolute Gasteiger partial charge is 0.358 e. The lowest BCUT2D eigenvalue weighted by molar-refractivity contribution is -0.117. The molecule has 0 spiro atoms. The Balaban J connectivity index is 1.44. The van der Waals surface area contributed by atoms with Gasteiger partial charge in [-0.3, -0.25) is 14.4 Å². The van der Waals surface area contributed by atoms with E-state index in [0.717, 1.165) is 42.5 Å². The number of fused-ring (bicyclic) bond motifs is 3. The summed E-state index contributed by atoms with van der Waals surface area (Å²) in [5.41, 5.74) is 4.97. The van der Waals surface area contributed by atoms with Gasteiger partial charge in [0.25, 0.3) is 11.7 Å². The second kappa shape index (κ2) is 7.06. The quantitative estimate of drug-likeness (QED) is 0.596. The lowest BCUT2D eigenvalue weighted by Crippen LogP contribution is -2.37. The number of aryl methyl sites for hydroxylation is 1. The van der Waals surface area contributed by atoms with Gasteiger partial charge in [0.2, 0.25) is 0 Å². The maximum atomic E-state index is 12.8. The zero-order chi connectivity index (χ0) is 20.8. The molecule has 5 rings (SSSR count). The van der Waals surface area contributed by atoms with Crippen molar-refractivity contribution >= 4 is 34.2 Å². The van der Waals surface area contributed by atoms with Crippen LogP contribution in [0.2, 0.25) is 0 Å². The van der Waals surface area contributed by atoms with Crippen LogP contribution in [0.4, 0.5) is 0 Å². The number of nitrogens with zero attached hydrogens (tertiary/aromatic N) is 1. The first-order valence-corrected chi connectivity index (χ1v) is 10.2. The monoisotopic (exact) mass is 399 g/mol. The van der Waals surface area contributed by atoms with Crippen molar-refractivity contribution in [1.29, 1.82) is 0 Å². The van der Waals surface area contributed by atoms with Gasteiger partial charge in [0.15, 0.2) is 0 Å². The zero-order valence-corrected chi connectivity index (χ0v) is 16.6. The van der Waals surface area contributed by atoms with Crippen molar-refractivity contribution in [3.63, 3.8) is 0 Å². The Labute approximate surface area is 173 Å². The number of allylic oxidation sites excluding steroid dienone is 3. The number of carbonyl (C=O) groups excluding carboxylic acids is 3. The predicted octanol–water partition coefficient (Wildman–Crippen LogP) is 3.70. The fraction of sp³-hybridized carbons (Fsp3) is 0.250. The van der Waals surface area contributed by atoms with E-state index < -0.39 is 11.7 Å². The zero-order valence-electron chi connectivity index (χ0n) is 16.6. The molecule has 0 bridgehead atoms. The van der Waals surface area contributed by atoms with E-state index in [1.165, 1.54) is 5.57 Å². The Bertz CT molecular complexity index is 1240. The number of hydrogen-bond acceptors (Lipinski definition) is 3. The highest BCUT2D eigenvalue weighted by Gasteiger charge is 2.33. The molecule has 1 aromatic carbocycles. The van der Waals surface area contributed by atoms with Crippen molar-refractivity contribution in [3.8, 4) is 0 Å². The van der Waals surface area contributed by atoms with E-state index in [0.29, 0.717) is 22.4 Å². The SMILES string of the molecule is Cc1[nH]c2ccccc2c1C(=O)C(=O)N=C1C=CC2C(=C1)NC(=O)C1=C2CCCC1. The minimum Gasteiger partial charge on any atom is -0.358 e. The van der Waals surface area contributed by atoms with Crippen LogP contribution in [0.3, 0.4) is 0 Å². The molecule has 0 fully saturated rings. The van der Waals surface area contributed by atoms with Crippen molar-refractivity contribution in [2.24, 2.45) is 10.9 Å². The first kappa shape index (κ1) is 18.5. The van der Waals surface area contributed by atoms with Crippen molar-refractivity contribution in [3.05, 3.63) is 70.6 Å². The van der Waals surface area contributed by atoms with Gasteiger partial charge in [-0.25, -0.2) is 4.99 Å². The molecular weight excluding hydrogens is 378 g/mol. The standard InChI is InChI=1S/C24H21N3O3/c1-13-21(18-8-4-5-9-19(18)25-13)22(28)24(30)26-14-10-11-16-15-6-2-3-7-17(15)23(29)27-20(16)12-14/h4-5,8-12,16,25H,2-3,6-7H2,1H3,(H,27,29). The maximum absolute atomic E-state index is 12.8. The molecule has 1 aromatic heterocycles. The van der Waals surface area contributed by atoms with Crippen molar-refractivity contribution < 1.29 is 14.4 Å². The first-order valence-electron chi connectivity index (χ1n) is 10.2. The first-order chi connectivity index (χ1) is 14.5. The van der Waals surface area contributed by atoms with Gasteiger partial charge in [0.1, 0.15) is 0 Å². The van der Waals surface area contributed by atoms with E-state index in [2.05, 4.69) is 15.3 Å². The summed E-state index contributed by atoms with van der Waals surface area (Å²) < 4.78 is 0. The van der Waals surface area contributed by atoms with Crippen LogP contribution >= 0.6 is 0 Å². The number of amides is 2. The van der Waals surface area contributed by atoms with Crippen LogP contribution < -0.4 is 5.32 Å². The smallest absolute Gasteiger partial charge is 0.318 e. The molecule has 2 N–H and O–H groups in total. The van der Waals surface area contributed by atoms with E-state index in [1.807, 2.05) is 30.3 Å². The summed E-state index contributed by atoms with van der Waals surface area (Å²) in [7, 11) is 0. The predicted molar refractivity (Wildman–Crippen MR) is 114 cm³/mol. The highest BCUT2D eigenvalue weighted by molar-refractivity contribution is 6.47. The number of aromatic amines is 1. The molecule has 3 aliphatic rings. The number of ketones is 1. The highest BCUT2D eigenvalue weighted by atomic mass is 16.2. The van der Waals surface area contributed by atoms with Crippen LogP contribution in [0.5, 0.6) is 0 Å². The number of para-hydroxylation sites is 1. The number of carbonyl (C=O) groups is 3. The lowest BCUT2D eigenvalue weighted by atomic mass is 9.77. The summed E-state index contributed by atoms with van der Waals surface area (Å²) >= 11 is 0. The van der Waals surface area contributed by atoms with Crippen LogP contribution in [0.1, 0.15) is 41.7 Å². The van der Waals surface area contributed by atoms with Gasteiger partial charge in [-0.1, -0.05) is 24.3 Å². The number of rotatable bonds is 2. The number of H-pyrrole nitrogens is 1. The molecule has 6 heteroatoms. The van der Waals surface area contributed by atoms with Crippen molar-refractivity contribution in [2.45, 2.75) is 32.6 Å². The minimum atomic E-state index is -0.822.